The Kier molecular flexibility index (Phi) is 3.36. The number of benzene rings is 1. The third-order valence-corrected chi connectivity index (χ3v) is 2.20. The lowest BCUT2D eigenvalue weighted by molar-refractivity contribution is -0.385. The number of alkyl halides is 3. The molecule has 0 heterocycles. The summed E-state index contributed by atoms with van der Waals surface area (Å²) in [7, 11) is 0. The molecule has 1 aromatic carbocycles. The lowest BCUT2D eigenvalue weighted by Crippen LogP contribution is -2.09. The highest BCUT2D eigenvalue weighted by molar-refractivity contribution is 5.49. The van der Waals surface area contributed by atoms with Crippen LogP contribution in [-0.2, 0) is 12.6 Å². The fourth-order valence-corrected chi connectivity index (χ4v) is 1.46. The number of nitro benzene ring substituents is 1. The highest BCUT2D eigenvalue weighted by Gasteiger charge is 2.35. The molecule has 0 atom stereocenters. The van der Waals surface area contributed by atoms with Crippen LogP contribution in [0.2, 0.25) is 0 Å². The lowest BCUT2D eigenvalue weighted by Gasteiger charge is -2.11. The van der Waals surface area contributed by atoms with Crippen LogP contribution in [0.4, 0.5) is 18.9 Å². The molecule has 0 aliphatic rings. The van der Waals surface area contributed by atoms with Crippen molar-refractivity contribution < 1.29 is 18.1 Å². The zero-order chi connectivity index (χ0) is 13.2. The van der Waals surface area contributed by atoms with Gasteiger partial charge in [-0.2, -0.15) is 18.4 Å². The summed E-state index contributed by atoms with van der Waals surface area (Å²) in [6, 6.07) is 3.19. The molecule has 1 rings (SSSR count). The fraction of sp³-hybridized carbons (Fsp3) is 0.300. The summed E-state index contributed by atoms with van der Waals surface area (Å²) in [6.45, 7) is 1.20. The van der Waals surface area contributed by atoms with E-state index in [1.54, 1.807) is 6.07 Å². The van der Waals surface area contributed by atoms with Crippen molar-refractivity contribution in [3.63, 3.8) is 0 Å². The van der Waals surface area contributed by atoms with Gasteiger partial charge in [0.05, 0.1) is 23.0 Å². The van der Waals surface area contributed by atoms with E-state index in [1.165, 1.54) is 6.92 Å². The molecule has 0 N–H and O–H groups in total. The van der Waals surface area contributed by atoms with Crippen LogP contribution in [0.5, 0.6) is 0 Å². The molecule has 0 bridgehead atoms. The minimum Gasteiger partial charge on any atom is -0.258 e. The van der Waals surface area contributed by atoms with Gasteiger partial charge in [-0.25, -0.2) is 0 Å². The monoisotopic (exact) mass is 244 g/mol. The number of hydrogen-bond acceptors (Lipinski definition) is 3. The van der Waals surface area contributed by atoms with E-state index in [9.17, 15) is 23.3 Å². The third-order valence-electron chi connectivity index (χ3n) is 2.20. The molecule has 4 nitrogen and oxygen atoms in total. The second-order valence-corrected chi connectivity index (χ2v) is 3.39. The van der Waals surface area contributed by atoms with E-state index in [4.69, 9.17) is 5.26 Å². The number of nitriles is 1. The van der Waals surface area contributed by atoms with E-state index >= 15 is 0 Å². The van der Waals surface area contributed by atoms with Gasteiger partial charge in [0.25, 0.3) is 5.69 Å². The van der Waals surface area contributed by atoms with Crippen molar-refractivity contribution in [1.29, 1.82) is 5.26 Å². The van der Waals surface area contributed by atoms with Gasteiger partial charge in [0, 0.05) is 11.6 Å². The summed E-state index contributed by atoms with van der Waals surface area (Å²) < 4.78 is 37.6. The Bertz CT molecular complexity index is 503. The van der Waals surface area contributed by atoms with Crippen LogP contribution in [-0.4, -0.2) is 4.92 Å². The Hall–Kier alpha value is -2.10. The van der Waals surface area contributed by atoms with Crippen molar-refractivity contribution in [2.24, 2.45) is 0 Å². The maximum atomic E-state index is 12.5. The molecule has 0 saturated heterocycles. The van der Waals surface area contributed by atoms with Crippen LogP contribution in [0.3, 0.4) is 0 Å². The number of halogens is 3. The summed E-state index contributed by atoms with van der Waals surface area (Å²) in [6.07, 6.45) is -4.94. The molecular weight excluding hydrogens is 237 g/mol. The molecule has 0 spiro atoms. The highest BCUT2D eigenvalue weighted by Crippen LogP contribution is 2.35. The average molecular weight is 244 g/mol. The second-order valence-electron chi connectivity index (χ2n) is 3.39. The molecule has 0 unspecified atom stereocenters. The molecule has 0 aromatic heterocycles. The predicted octanol–water partition coefficient (Wildman–Crippen LogP) is 2.99. The van der Waals surface area contributed by atoms with Crippen LogP contribution >= 0.6 is 0 Å². The Balaban J connectivity index is 3.46. The normalized spacial score (nSPS) is 11.0. The maximum Gasteiger partial charge on any atom is 0.416 e. The second kappa shape index (κ2) is 4.41. The van der Waals surface area contributed by atoms with Crippen molar-refractivity contribution in [1.82, 2.24) is 0 Å². The Morgan fingerprint density at radius 3 is 2.47 bits per heavy atom. The molecule has 0 aliphatic heterocycles. The van der Waals surface area contributed by atoms with Crippen LogP contribution in [0, 0.1) is 28.4 Å². The van der Waals surface area contributed by atoms with Gasteiger partial charge in [0.2, 0.25) is 0 Å². The van der Waals surface area contributed by atoms with Crippen molar-refractivity contribution in [2.45, 2.75) is 19.5 Å². The molecule has 0 radical (unpaired) electrons. The smallest absolute Gasteiger partial charge is 0.258 e. The van der Waals surface area contributed by atoms with Gasteiger partial charge in [0.1, 0.15) is 0 Å². The Labute approximate surface area is 94.4 Å². The lowest BCUT2D eigenvalue weighted by atomic mass is 10.0. The number of nitrogens with zero attached hydrogens (tertiary/aromatic N) is 2. The van der Waals surface area contributed by atoms with Crippen LogP contribution in [0.25, 0.3) is 0 Å². The third kappa shape index (κ3) is 2.72. The van der Waals surface area contributed by atoms with Crippen molar-refractivity contribution in [3.8, 4) is 6.07 Å². The Morgan fingerprint density at radius 2 is 2.06 bits per heavy atom. The first-order valence-electron chi connectivity index (χ1n) is 4.49. The highest BCUT2D eigenvalue weighted by atomic mass is 19.4. The molecule has 17 heavy (non-hydrogen) atoms. The van der Waals surface area contributed by atoms with Crippen molar-refractivity contribution in [3.05, 3.63) is 38.9 Å². The standard InChI is InChI=1S/C10H7F3N2O2/c1-6-4-7(2-3-14)9(15(16)17)5-8(6)10(11,12)13/h4-5H,2H2,1H3. The van der Waals surface area contributed by atoms with E-state index in [1.807, 2.05) is 0 Å². The number of aryl methyl sites for hydroxylation is 1. The van der Waals surface area contributed by atoms with E-state index < -0.39 is 22.4 Å². The van der Waals surface area contributed by atoms with Crippen LogP contribution < -0.4 is 0 Å². The van der Waals surface area contributed by atoms with Crippen LogP contribution in [0.1, 0.15) is 16.7 Å². The van der Waals surface area contributed by atoms with Crippen molar-refractivity contribution in [2.75, 3.05) is 0 Å². The average Bonchev–Trinajstić information content (AvgIpc) is 2.15. The minimum absolute atomic E-state index is 0.0111. The molecule has 0 saturated carbocycles. The van der Waals surface area contributed by atoms with E-state index in [2.05, 4.69) is 0 Å². The van der Waals surface area contributed by atoms with E-state index in [0.717, 1.165) is 6.07 Å². The van der Waals surface area contributed by atoms with E-state index in [0.29, 0.717) is 6.07 Å². The van der Waals surface area contributed by atoms with Gasteiger partial charge >= 0.3 is 6.18 Å². The zero-order valence-electron chi connectivity index (χ0n) is 8.71. The molecule has 0 fully saturated rings. The zero-order valence-corrected chi connectivity index (χ0v) is 8.71. The summed E-state index contributed by atoms with van der Waals surface area (Å²) in [4.78, 5) is 9.70. The molecule has 7 heteroatoms. The number of hydrogen-bond donors (Lipinski definition) is 0. The maximum absolute atomic E-state index is 12.5. The summed E-state index contributed by atoms with van der Waals surface area (Å²) in [5.74, 6) is 0. The first-order valence-corrected chi connectivity index (χ1v) is 4.49. The molecular formula is C10H7F3N2O2. The molecule has 1 aromatic rings. The van der Waals surface area contributed by atoms with Gasteiger partial charge in [-0.05, 0) is 18.6 Å². The van der Waals surface area contributed by atoms with Gasteiger partial charge < -0.3 is 0 Å². The molecule has 0 aliphatic carbocycles. The van der Waals surface area contributed by atoms with Crippen LogP contribution in [0.15, 0.2) is 12.1 Å². The minimum atomic E-state index is -4.64. The van der Waals surface area contributed by atoms with Gasteiger partial charge in [-0.3, -0.25) is 10.1 Å². The number of nitro groups is 1. The summed E-state index contributed by atoms with van der Waals surface area (Å²) in [5, 5.41) is 19.1. The molecule has 90 valence electrons. The van der Waals surface area contributed by atoms with Gasteiger partial charge in [-0.1, -0.05) is 0 Å². The summed E-state index contributed by atoms with van der Waals surface area (Å²) >= 11 is 0. The first-order chi connectivity index (χ1) is 7.77. The quantitative estimate of drug-likeness (QED) is 0.593. The predicted molar refractivity (Wildman–Crippen MR) is 52.2 cm³/mol. The van der Waals surface area contributed by atoms with Crippen molar-refractivity contribution >= 4 is 5.69 Å². The Morgan fingerprint density at radius 1 is 1.47 bits per heavy atom. The van der Waals surface area contributed by atoms with Gasteiger partial charge in [-0.15, -0.1) is 0 Å². The fourth-order valence-electron chi connectivity index (χ4n) is 1.46. The molecule has 0 amide bonds. The SMILES string of the molecule is Cc1cc(CC#N)c([N+](=O)[O-])cc1C(F)(F)F. The topological polar surface area (TPSA) is 66.9 Å². The number of rotatable bonds is 2. The summed E-state index contributed by atoms with van der Waals surface area (Å²) in [5.41, 5.74) is -1.87. The first kappa shape index (κ1) is 13.0. The largest absolute Gasteiger partial charge is 0.416 e. The van der Waals surface area contributed by atoms with Gasteiger partial charge in [0.15, 0.2) is 0 Å². The van der Waals surface area contributed by atoms with E-state index in [-0.39, 0.29) is 17.5 Å².